The third-order valence-corrected chi connectivity index (χ3v) is 5.32. The van der Waals surface area contributed by atoms with E-state index in [1.54, 1.807) is 10.9 Å². The van der Waals surface area contributed by atoms with Crippen LogP contribution in [0.5, 0.6) is 0 Å². The molecule has 6 heteroatoms. The van der Waals surface area contributed by atoms with Gasteiger partial charge in [0.25, 0.3) is 0 Å². The molecule has 1 N–H and O–H groups in total. The van der Waals surface area contributed by atoms with Gasteiger partial charge in [0.15, 0.2) is 0 Å². The van der Waals surface area contributed by atoms with Gasteiger partial charge in [-0.15, -0.1) is 0 Å². The van der Waals surface area contributed by atoms with Crippen LogP contribution in [0, 0.1) is 0 Å². The van der Waals surface area contributed by atoms with E-state index >= 15 is 0 Å². The first kappa shape index (κ1) is 14.9. The molecule has 2 aliphatic rings. The average Bonchev–Trinajstić information content (AvgIpc) is 3.26. The molecule has 0 saturated heterocycles. The highest BCUT2D eigenvalue weighted by Crippen LogP contribution is 2.28. The maximum Gasteiger partial charge on any atom is 0.139 e. The number of hydrogen-bond acceptors (Lipinski definition) is 4. The summed E-state index contributed by atoms with van der Waals surface area (Å²) in [4.78, 5) is 2.62. The lowest BCUT2D eigenvalue weighted by atomic mass is 10.1. The van der Waals surface area contributed by atoms with E-state index in [2.05, 4.69) is 25.8 Å². The highest BCUT2D eigenvalue weighted by molar-refractivity contribution is 5.21. The fraction of sp³-hybridized carbons (Fsp3) is 0.647. The molecule has 1 saturated carbocycles. The Kier molecular flexibility index (Phi) is 3.95. The Morgan fingerprint density at radius 3 is 2.78 bits per heavy atom. The van der Waals surface area contributed by atoms with E-state index < -0.39 is 6.10 Å². The maximum absolute atomic E-state index is 10.6. The van der Waals surface area contributed by atoms with Crippen LogP contribution in [-0.4, -0.2) is 42.2 Å². The largest absolute Gasteiger partial charge is 0.380 e. The van der Waals surface area contributed by atoms with E-state index in [1.165, 1.54) is 31.4 Å². The van der Waals surface area contributed by atoms with Crippen molar-refractivity contribution in [1.82, 2.24) is 24.5 Å². The van der Waals surface area contributed by atoms with Crippen LogP contribution in [0.3, 0.4) is 0 Å². The summed E-state index contributed by atoms with van der Waals surface area (Å²) in [5.41, 5.74) is 2.74. The van der Waals surface area contributed by atoms with Gasteiger partial charge >= 0.3 is 0 Å². The van der Waals surface area contributed by atoms with E-state index in [4.69, 9.17) is 0 Å². The second-order valence-corrected chi connectivity index (χ2v) is 6.83. The molecule has 4 rings (SSSR count). The van der Waals surface area contributed by atoms with E-state index in [1.807, 2.05) is 13.1 Å². The van der Waals surface area contributed by atoms with E-state index in [9.17, 15) is 5.11 Å². The SMILES string of the molecule is Cn1nccc1[C@H](O)c1cc2n(n1)CCCN(C1CCCC1)C2. The van der Waals surface area contributed by atoms with Gasteiger partial charge < -0.3 is 5.11 Å². The maximum atomic E-state index is 10.6. The van der Waals surface area contributed by atoms with Crippen LogP contribution in [-0.2, 0) is 20.1 Å². The molecule has 0 aromatic carbocycles. The van der Waals surface area contributed by atoms with E-state index in [0.29, 0.717) is 0 Å². The first-order chi connectivity index (χ1) is 11.2. The van der Waals surface area contributed by atoms with Crippen molar-refractivity contribution in [2.45, 2.75) is 57.3 Å². The molecule has 2 aromatic heterocycles. The third kappa shape index (κ3) is 2.81. The van der Waals surface area contributed by atoms with Crippen LogP contribution in [0.4, 0.5) is 0 Å². The summed E-state index contributed by atoms with van der Waals surface area (Å²) in [6.45, 7) is 3.06. The van der Waals surface area contributed by atoms with Gasteiger partial charge in [-0.2, -0.15) is 10.2 Å². The minimum atomic E-state index is -0.707. The minimum absolute atomic E-state index is 0.707. The Labute approximate surface area is 136 Å². The molecule has 3 heterocycles. The third-order valence-electron chi connectivity index (χ3n) is 5.32. The van der Waals surface area contributed by atoms with Crippen LogP contribution < -0.4 is 0 Å². The number of aliphatic hydroxyl groups is 1. The predicted octanol–water partition coefficient (Wildman–Crippen LogP) is 1.85. The minimum Gasteiger partial charge on any atom is -0.380 e. The van der Waals surface area contributed by atoms with Gasteiger partial charge in [-0.3, -0.25) is 14.3 Å². The van der Waals surface area contributed by atoms with Crippen molar-refractivity contribution in [3.8, 4) is 0 Å². The second-order valence-electron chi connectivity index (χ2n) is 6.83. The zero-order valence-corrected chi connectivity index (χ0v) is 13.7. The van der Waals surface area contributed by atoms with Crippen LogP contribution in [0.25, 0.3) is 0 Å². The molecule has 1 atom stereocenters. The topological polar surface area (TPSA) is 59.1 Å². The Morgan fingerprint density at radius 2 is 2.04 bits per heavy atom. The molecule has 2 aromatic rings. The fourth-order valence-electron chi connectivity index (χ4n) is 4.03. The predicted molar refractivity (Wildman–Crippen MR) is 86.8 cm³/mol. The number of fused-ring (bicyclic) bond motifs is 1. The molecule has 0 unspecified atom stereocenters. The van der Waals surface area contributed by atoms with Gasteiger partial charge in [-0.25, -0.2) is 0 Å². The number of hydrogen-bond donors (Lipinski definition) is 1. The summed E-state index contributed by atoms with van der Waals surface area (Å²) in [6.07, 6.45) is 7.53. The molecule has 6 nitrogen and oxygen atoms in total. The smallest absolute Gasteiger partial charge is 0.139 e. The average molecular weight is 315 g/mol. The lowest BCUT2D eigenvalue weighted by Crippen LogP contribution is -2.32. The molecule has 1 aliphatic heterocycles. The van der Waals surface area contributed by atoms with Gasteiger partial charge in [-0.05, 0) is 31.4 Å². The molecule has 0 radical (unpaired) electrons. The number of aliphatic hydroxyl groups excluding tert-OH is 1. The molecular weight excluding hydrogens is 290 g/mol. The molecular formula is C17H25N5O. The number of aromatic nitrogens is 4. The van der Waals surface area contributed by atoms with Crippen molar-refractivity contribution >= 4 is 0 Å². The second kappa shape index (κ2) is 6.09. The van der Waals surface area contributed by atoms with Crippen molar-refractivity contribution in [3.05, 3.63) is 35.4 Å². The van der Waals surface area contributed by atoms with Gasteiger partial charge in [0.2, 0.25) is 0 Å². The normalized spacial score (nSPS) is 21.3. The zero-order valence-electron chi connectivity index (χ0n) is 13.7. The first-order valence-corrected chi connectivity index (χ1v) is 8.69. The molecule has 0 amide bonds. The molecule has 124 valence electrons. The summed E-state index contributed by atoms with van der Waals surface area (Å²) in [7, 11) is 1.85. The molecule has 0 spiro atoms. The van der Waals surface area contributed by atoms with Crippen LogP contribution in [0.1, 0.15) is 55.3 Å². The van der Waals surface area contributed by atoms with Gasteiger partial charge in [-0.1, -0.05) is 12.8 Å². The number of rotatable bonds is 3. The lowest BCUT2D eigenvalue weighted by molar-refractivity contribution is 0.191. The van der Waals surface area contributed by atoms with Crippen LogP contribution >= 0.6 is 0 Å². The van der Waals surface area contributed by atoms with Crippen molar-refractivity contribution in [2.75, 3.05) is 6.54 Å². The standard InChI is InChI=1S/C17H25N5O/c1-20-16(7-8-18-20)17(23)15-11-14-12-21(13-5-2-3-6-13)9-4-10-22(14)19-15/h7-8,11,13,17,23H,2-6,9-10,12H2,1H3/t17-/m1/s1. The summed E-state index contributed by atoms with van der Waals surface area (Å²) >= 11 is 0. The van der Waals surface area contributed by atoms with Gasteiger partial charge in [0, 0.05) is 38.9 Å². The van der Waals surface area contributed by atoms with Crippen molar-refractivity contribution < 1.29 is 5.11 Å². The number of nitrogens with zero attached hydrogens (tertiary/aromatic N) is 5. The Balaban J connectivity index is 1.57. The van der Waals surface area contributed by atoms with E-state index in [0.717, 1.165) is 43.5 Å². The Bertz CT molecular complexity index is 670. The summed E-state index contributed by atoms with van der Waals surface area (Å²) in [5, 5.41) is 19.4. The van der Waals surface area contributed by atoms with Crippen LogP contribution in [0.15, 0.2) is 18.3 Å². The fourth-order valence-corrected chi connectivity index (χ4v) is 4.03. The Morgan fingerprint density at radius 1 is 1.22 bits per heavy atom. The Hall–Kier alpha value is -1.66. The monoisotopic (exact) mass is 315 g/mol. The van der Waals surface area contributed by atoms with E-state index in [-0.39, 0.29) is 0 Å². The molecule has 23 heavy (non-hydrogen) atoms. The summed E-state index contributed by atoms with van der Waals surface area (Å²) < 4.78 is 3.80. The lowest BCUT2D eigenvalue weighted by Gasteiger charge is -2.26. The van der Waals surface area contributed by atoms with Crippen molar-refractivity contribution in [3.63, 3.8) is 0 Å². The van der Waals surface area contributed by atoms with Gasteiger partial charge in [0.1, 0.15) is 6.10 Å². The van der Waals surface area contributed by atoms with Gasteiger partial charge in [0.05, 0.1) is 17.1 Å². The molecule has 0 bridgehead atoms. The number of aryl methyl sites for hydroxylation is 2. The highest BCUT2D eigenvalue weighted by atomic mass is 16.3. The summed E-state index contributed by atoms with van der Waals surface area (Å²) in [5.74, 6) is 0. The van der Waals surface area contributed by atoms with Crippen LogP contribution in [0.2, 0.25) is 0 Å². The van der Waals surface area contributed by atoms with Crippen molar-refractivity contribution in [1.29, 1.82) is 0 Å². The summed E-state index contributed by atoms with van der Waals surface area (Å²) in [6, 6.07) is 4.66. The zero-order chi connectivity index (χ0) is 15.8. The quantitative estimate of drug-likeness (QED) is 0.939. The molecule has 1 aliphatic carbocycles. The highest BCUT2D eigenvalue weighted by Gasteiger charge is 2.27. The van der Waals surface area contributed by atoms with Crippen molar-refractivity contribution in [2.24, 2.45) is 7.05 Å². The molecule has 1 fully saturated rings. The first-order valence-electron chi connectivity index (χ1n) is 8.69.